The summed E-state index contributed by atoms with van der Waals surface area (Å²) in [5, 5.41) is 8.15. The van der Waals surface area contributed by atoms with Crippen molar-refractivity contribution >= 4 is 11.8 Å². The number of carbonyl (C=O) groups is 2. The van der Waals surface area contributed by atoms with Crippen LogP contribution in [0.1, 0.15) is 57.7 Å². The van der Waals surface area contributed by atoms with Crippen molar-refractivity contribution < 1.29 is 9.59 Å². The minimum absolute atomic E-state index is 0.133. The summed E-state index contributed by atoms with van der Waals surface area (Å²) in [6, 6.07) is 0.233. The third-order valence-corrected chi connectivity index (χ3v) is 5.66. The molecule has 2 atom stereocenters. The van der Waals surface area contributed by atoms with Gasteiger partial charge in [-0.05, 0) is 26.2 Å². The summed E-state index contributed by atoms with van der Waals surface area (Å²) in [5.41, 5.74) is 0. The van der Waals surface area contributed by atoms with Crippen molar-refractivity contribution in [1.29, 1.82) is 0 Å². The van der Waals surface area contributed by atoms with Gasteiger partial charge >= 0.3 is 0 Å². The van der Waals surface area contributed by atoms with Gasteiger partial charge in [0.25, 0.3) is 0 Å². The number of carbonyl (C=O) groups excluding carboxylic acids is 2. The Labute approximate surface area is 149 Å². The Morgan fingerprint density at radius 2 is 2.08 bits per heavy atom. The lowest BCUT2D eigenvalue weighted by molar-refractivity contribution is -0.136. The highest BCUT2D eigenvalue weighted by molar-refractivity contribution is 5.89. The molecule has 2 fully saturated rings. The van der Waals surface area contributed by atoms with Gasteiger partial charge in [-0.25, -0.2) is 0 Å². The average molecular weight is 347 g/mol. The van der Waals surface area contributed by atoms with Crippen molar-refractivity contribution in [3.05, 3.63) is 12.2 Å². The lowest BCUT2D eigenvalue weighted by Gasteiger charge is -2.33. The summed E-state index contributed by atoms with van der Waals surface area (Å²) in [5.74, 6) is 1.48. The van der Waals surface area contributed by atoms with Gasteiger partial charge in [-0.2, -0.15) is 0 Å². The summed E-state index contributed by atoms with van der Waals surface area (Å²) in [6.45, 7) is 6.28. The maximum absolute atomic E-state index is 12.8. The number of amides is 2. The topological polar surface area (TPSA) is 71.3 Å². The highest BCUT2D eigenvalue weighted by Gasteiger charge is 2.39. The number of hydrogen-bond donors (Lipinski definition) is 0. The molecule has 3 rings (SSSR count). The second kappa shape index (κ2) is 7.54. The van der Waals surface area contributed by atoms with Crippen molar-refractivity contribution in [1.82, 2.24) is 24.6 Å². The zero-order valence-corrected chi connectivity index (χ0v) is 15.5. The Kier molecular flexibility index (Phi) is 5.39. The molecule has 0 N–H and O–H groups in total. The number of hydrogen-bond acceptors (Lipinski definition) is 4. The summed E-state index contributed by atoms with van der Waals surface area (Å²) in [7, 11) is 1.96. The maximum Gasteiger partial charge on any atom is 0.227 e. The Bertz CT molecular complexity index is 621. The molecule has 1 aromatic rings. The molecule has 1 aromatic heterocycles. The van der Waals surface area contributed by atoms with E-state index in [-0.39, 0.29) is 23.8 Å². The first-order valence-electron chi connectivity index (χ1n) is 9.43. The molecule has 0 aliphatic carbocycles. The Morgan fingerprint density at radius 3 is 2.68 bits per heavy atom. The Hall–Kier alpha value is -1.92. The van der Waals surface area contributed by atoms with Crippen molar-refractivity contribution in [3.8, 4) is 0 Å². The van der Waals surface area contributed by atoms with Gasteiger partial charge in [0.1, 0.15) is 12.2 Å². The van der Waals surface area contributed by atoms with E-state index in [9.17, 15) is 9.59 Å². The maximum atomic E-state index is 12.8. The first-order chi connectivity index (χ1) is 12.0. The fraction of sp³-hybridized carbons (Fsp3) is 0.778. The molecule has 2 saturated heterocycles. The third kappa shape index (κ3) is 3.70. The van der Waals surface area contributed by atoms with Crippen molar-refractivity contribution in [2.24, 2.45) is 13.0 Å². The van der Waals surface area contributed by atoms with Crippen LogP contribution in [0.2, 0.25) is 0 Å². The summed E-state index contributed by atoms with van der Waals surface area (Å²) >= 11 is 0. The highest BCUT2D eigenvalue weighted by atomic mass is 16.2. The molecule has 0 unspecified atom stereocenters. The Morgan fingerprint density at radius 1 is 1.36 bits per heavy atom. The number of aryl methyl sites for hydroxylation is 1. The van der Waals surface area contributed by atoms with E-state index in [0.29, 0.717) is 18.9 Å². The van der Waals surface area contributed by atoms with Crippen LogP contribution >= 0.6 is 0 Å². The van der Waals surface area contributed by atoms with Crippen LogP contribution in [0.15, 0.2) is 6.33 Å². The van der Waals surface area contributed by atoms with Crippen LogP contribution < -0.4 is 0 Å². The molecular weight excluding hydrogens is 318 g/mol. The fourth-order valence-electron chi connectivity index (χ4n) is 4.17. The number of piperidine rings is 1. The standard InChI is InChI=1S/C18H29N5O2/c1-4-5-13(2)23-11-15(10-16(23)24)18(25)22-8-6-14(7-9-22)17-20-19-12-21(17)3/h12-15H,4-11H2,1-3H3/t13-,15-/m0/s1. The molecule has 7 heteroatoms. The minimum Gasteiger partial charge on any atom is -0.342 e. The monoisotopic (exact) mass is 347 g/mol. The molecule has 138 valence electrons. The summed E-state index contributed by atoms with van der Waals surface area (Å²) in [4.78, 5) is 29.0. The van der Waals surface area contributed by atoms with Crippen LogP contribution in [0.5, 0.6) is 0 Å². The van der Waals surface area contributed by atoms with Gasteiger partial charge in [0.15, 0.2) is 0 Å². The lowest BCUT2D eigenvalue weighted by atomic mass is 9.94. The SMILES string of the molecule is CCC[C@H](C)N1C[C@@H](C(=O)N2CCC(c3nncn3C)CC2)CC1=O. The molecule has 2 aliphatic rings. The molecule has 0 radical (unpaired) electrons. The largest absolute Gasteiger partial charge is 0.342 e. The fourth-order valence-corrected chi connectivity index (χ4v) is 4.17. The quantitative estimate of drug-likeness (QED) is 0.810. The molecule has 2 amide bonds. The third-order valence-electron chi connectivity index (χ3n) is 5.66. The molecule has 3 heterocycles. The van der Waals surface area contributed by atoms with Crippen LogP contribution in [0, 0.1) is 5.92 Å². The second-order valence-corrected chi connectivity index (χ2v) is 7.48. The molecule has 2 aliphatic heterocycles. The molecule has 0 aromatic carbocycles. The highest BCUT2D eigenvalue weighted by Crippen LogP contribution is 2.29. The van der Waals surface area contributed by atoms with E-state index in [1.54, 1.807) is 6.33 Å². The van der Waals surface area contributed by atoms with E-state index in [1.165, 1.54) is 0 Å². The summed E-state index contributed by atoms with van der Waals surface area (Å²) in [6.07, 6.45) is 5.97. The van der Waals surface area contributed by atoms with Gasteiger partial charge in [-0.15, -0.1) is 10.2 Å². The molecule has 0 saturated carbocycles. The number of aromatic nitrogens is 3. The second-order valence-electron chi connectivity index (χ2n) is 7.48. The predicted molar refractivity (Wildman–Crippen MR) is 93.7 cm³/mol. The smallest absolute Gasteiger partial charge is 0.227 e. The van der Waals surface area contributed by atoms with E-state index < -0.39 is 0 Å². The van der Waals surface area contributed by atoms with E-state index >= 15 is 0 Å². The normalized spacial score (nSPS) is 23.3. The van der Waals surface area contributed by atoms with E-state index in [2.05, 4.69) is 24.0 Å². The average Bonchev–Trinajstić information content (AvgIpc) is 3.20. The lowest BCUT2D eigenvalue weighted by Crippen LogP contribution is -2.43. The van der Waals surface area contributed by atoms with Crippen molar-refractivity contribution in [2.45, 2.75) is 57.9 Å². The minimum atomic E-state index is -0.168. The first kappa shape index (κ1) is 17.9. The van der Waals surface area contributed by atoms with Gasteiger partial charge in [-0.1, -0.05) is 13.3 Å². The molecular formula is C18H29N5O2. The van der Waals surface area contributed by atoms with E-state index in [1.807, 2.05) is 21.4 Å². The zero-order valence-electron chi connectivity index (χ0n) is 15.5. The van der Waals surface area contributed by atoms with Crippen LogP contribution in [0.25, 0.3) is 0 Å². The molecule has 7 nitrogen and oxygen atoms in total. The van der Waals surface area contributed by atoms with Gasteiger partial charge in [0, 0.05) is 45.1 Å². The molecule has 0 spiro atoms. The van der Waals surface area contributed by atoms with E-state index in [4.69, 9.17) is 0 Å². The van der Waals surface area contributed by atoms with Crippen molar-refractivity contribution in [2.75, 3.05) is 19.6 Å². The number of likely N-dealkylation sites (tertiary alicyclic amines) is 2. The summed E-state index contributed by atoms with van der Waals surface area (Å²) < 4.78 is 1.96. The van der Waals surface area contributed by atoms with Crippen molar-refractivity contribution in [3.63, 3.8) is 0 Å². The van der Waals surface area contributed by atoms with Crippen LogP contribution in [0.3, 0.4) is 0 Å². The predicted octanol–water partition coefficient (Wildman–Crippen LogP) is 1.56. The van der Waals surface area contributed by atoms with E-state index in [0.717, 1.165) is 44.6 Å². The van der Waals surface area contributed by atoms with Crippen LogP contribution in [-0.2, 0) is 16.6 Å². The van der Waals surface area contributed by atoms with Gasteiger partial charge in [-0.3, -0.25) is 9.59 Å². The van der Waals surface area contributed by atoms with Gasteiger partial charge in [0.2, 0.25) is 11.8 Å². The van der Waals surface area contributed by atoms with Crippen LogP contribution in [0.4, 0.5) is 0 Å². The molecule has 0 bridgehead atoms. The number of nitrogens with zero attached hydrogens (tertiary/aromatic N) is 5. The van der Waals surface area contributed by atoms with Crippen LogP contribution in [-0.4, -0.2) is 62.1 Å². The first-order valence-corrected chi connectivity index (χ1v) is 9.43. The number of rotatable bonds is 5. The van der Waals surface area contributed by atoms with Gasteiger partial charge in [0.05, 0.1) is 5.92 Å². The van der Waals surface area contributed by atoms with Gasteiger partial charge < -0.3 is 14.4 Å². The Balaban J connectivity index is 1.55. The zero-order chi connectivity index (χ0) is 18.0. The molecule has 25 heavy (non-hydrogen) atoms.